The lowest BCUT2D eigenvalue weighted by Crippen LogP contribution is -2.16. The largest absolute Gasteiger partial charge is 0.462 e. The molecule has 0 fully saturated rings. The summed E-state index contributed by atoms with van der Waals surface area (Å²) in [6.07, 6.45) is 0. The van der Waals surface area contributed by atoms with Crippen LogP contribution >= 0.6 is 46.4 Å². The summed E-state index contributed by atoms with van der Waals surface area (Å²) in [5.41, 5.74) is -0.516. The van der Waals surface area contributed by atoms with Gasteiger partial charge in [0.15, 0.2) is 0 Å². The van der Waals surface area contributed by atoms with Gasteiger partial charge in [0.25, 0.3) is 0 Å². The molecule has 110 valence electrons. The topological polar surface area (TPSA) is 52.6 Å². The van der Waals surface area contributed by atoms with Gasteiger partial charge in [0.1, 0.15) is 0 Å². The predicted molar refractivity (Wildman–Crippen MR) is 78.4 cm³/mol. The maximum Gasteiger partial charge on any atom is 0.340 e. The van der Waals surface area contributed by atoms with E-state index in [-0.39, 0.29) is 44.4 Å². The molecule has 1 rings (SSSR count). The summed E-state index contributed by atoms with van der Waals surface area (Å²) in [4.78, 5) is 23.9. The molecule has 0 radical (unpaired) electrons. The zero-order valence-corrected chi connectivity index (χ0v) is 13.6. The van der Waals surface area contributed by atoms with E-state index in [1.807, 2.05) is 0 Å². The van der Waals surface area contributed by atoms with Crippen molar-refractivity contribution in [3.63, 3.8) is 0 Å². The van der Waals surface area contributed by atoms with Crippen LogP contribution in [0.15, 0.2) is 0 Å². The zero-order chi connectivity index (χ0) is 15.4. The van der Waals surface area contributed by atoms with Crippen molar-refractivity contribution >= 4 is 58.3 Å². The second-order valence-corrected chi connectivity index (χ2v) is 4.96. The Kier molecular flexibility index (Phi) is 6.40. The molecule has 0 saturated carbocycles. The first-order valence-electron chi connectivity index (χ1n) is 5.56. The molecule has 0 atom stereocenters. The Balaban J connectivity index is 3.60. The first-order chi connectivity index (χ1) is 9.36. The van der Waals surface area contributed by atoms with Crippen molar-refractivity contribution in [2.75, 3.05) is 13.2 Å². The van der Waals surface area contributed by atoms with Crippen molar-refractivity contribution in [1.29, 1.82) is 0 Å². The molecule has 8 heteroatoms. The minimum Gasteiger partial charge on any atom is -0.462 e. The van der Waals surface area contributed by atoms with E-state index in [0.29, 0.717) is 0 Å². The fraction of sp³-hybridized carbons (Fsp3) is 0.333. The van der Waals surface area contributed by atoms with Crippen molar-refractivity contribution in [2.45, 2.75) is 13.8 Å². The quantitative estimate of drug-likeness (QED) is 0.446. The number of halogens is 4. The van der Waals surface area contributed by atoms with Crippen LogP contribution in [0.1, 0.15) is 34.6 Å². The van der Waals surface area contributed by atoms with E-state index in [0.717, 1.165) is 0 Å². The van der Waals surface area contributed by atoms with Gasteiger partial charge in [-0.15, -0.1) is 0 Å². The van der Waals surface area contributed by atoms with Crippen LogP contribution in [-0.2, 0) is 9.47 Å². The van der Waals surface area contributed by atoms with Crippen LogP contribution in [-0.4, -0.2) is 25.2 Å². The van der Waals surface area contributed by atoms with Gasteiger partial charge in [-0.1, -0.05) is 46.4 Å². The summed E-state index contributed by atoms with van der Waals surface area (Å²) < 4.78 is 9.67. The van der Waals surface area contributed by atoms with Gasteiger partial charge in [-0.05, 0) is 13.8 Å². The summed E-state index contributed by atoms with van der Waals surface area (Å²) in [6, 6.07) is 0. The van der Waals surface area contributed by atoms with Crippen LogP contribution in [0.3, 0.4) is 0 Å². The highest BCUT2D eigenvalue weighted by Crippen LogP contribution is 2.42. The number of rotatable bonds is 4. The van der Waals surface area contributed by atoms with Gasteiger partial charge in [-0.25, -0.2) is 9.59 Å². The van der Waals surface area contributed by atoms with Gasteiger partial charge in [0.05, 0.1) is 44.4 Å². The van der Waals surface area contributed by atoms with Gasteiger partial charge >= 0.3 is 11.9 Å². The Hall–Kier alpha value is -0.680. The fourth-order valence-corrected chi connectivity index (χ4v) is 2.43. The van der Waals surface area contributed by atoms with Crippen LogP contribution in [0, 0.1) is 0 Å². The van der Waals surface area contributed by atoms with Gasteiger partial charge in [0.2, 0.25) is 0 Å². The van der Waals surface area contributed by atoms with E-state index in [1.165, 1.54) is 0 Å². The second kappa shape index (κ2) is 7.36. The van der Waals surface area contributed by atoms with E-state index in [4.69, 9.17) is 55.9 Å². The van der Waals surface area contributed by atoms with Gasteiger partial charge in [-0.3, -0.25) is 0 Å². The molecule has 1 aromatic carbocycles. The van der Waals surface area contributed by atoms with E-state index in [1.54, 1.807) is 13.8 Å². The Morgan fingerprint density at radius 2 is 1.05 bits per heavy atom. The van der Waals surface area contributed by atoms with Crippen molar-refractivity contribution in [3.05, 3.63) is 31.2 Å². The maximum absolute atomic E-state index is 11.9. The fourth-order valence-electron chi connectivity index (χ4n) is 1.42. The highest BCUT2D eigenvalue weighted by atomic mass is 35.5. The molecule has 0 aliphatic rings. The highest BCUT2D eigenvalue weighted by Gasteiger charge is 2.30. The number of hydrogen-bond donors (Lipinski definition) is 0. The Morgan fingerprint density at radius 1 is 0.750 bits per heavy atom. The number of esters is 2. The molecule has 0 heterocycles. The standard InChI is InChI=1S/C12H10Cl4O4/c1-3-19-11(17)5-6(12(18)20-4-2)8(14)10(16)9(15)7(5)13/h3-4H2,1-2H3. The van der Waals surface area contributed by atoms with Crippen LogP contribution in [0.25, 0.3) is 0 Å². The molecule has 0 aromatic heterocycles. The Bertz CT molecular complexity index is 508. The lowest BCUT2D eigenvalue weighted by atomic mass is 10.1. The molecule has 0 saturated heterocycles. The lowest BCUT2D eigenvalue weighted by Gasteiger charge is -2.14. The smallest absolute Gasteiger partial charge is 0.340 e. The van der Waals surface area contributed by atoms with Gasteiger partial charge in [0, 0.05) is 0 Å². The van der Waals surface area contributed by atoms with Crippen LogP contribution < -0.4 is 0 Å². The third-order valence-electron chi connectivity index (χ3n) is 2.23. The first-order valence-corrected chi connectivity index (χ1v) is 7.08. The summed E-state index contributed by atoms with van der Waals surface area (Å²) in [7, 11) is 0. The van der Waals surface area contributed by atoms with E-state index >= 15 is 0 Å². The molecular formula is C12H10Cl4O4. The summed E-state index contributed by atoms with van der Waals surface area (Å²) in [5, 5.41) is -0.672. The predicted octanol–water partition coefficient (Wildman–Crippen LogP) is 4.65. The van der Waals surface area contributed by atoms with Gasteiger partial charge in [-0.2, -0.15) is 0 Å². The molecule has 0 amide bonds. The van der Waals surface area contributed by atoms with Crippen molar-refractivity contribution in [2.24, 2.45) is 0 Å². The summed E-state index contributed by atoms with van der Waals surface area (Å²) in [6.45, 7) is 3.40. The van der Waals surface area contributed by atoms with E-state index in [9.17, 15) is 9.59 Å². The van der Waals surface area contributed by atoms with Crippen LogP contribution in [0.5, 0.6) is 0 Å². The molecule has 4 nitrogen and oxygen atoms in total. The number of benzene rings is 1. The zero-order valence-electron chi connectivity index (χ0n) is 10.6. The lowest BCUT2D eigenvalue weighted by molar-refractivity contribution is 0.0479. The number of ether oxygens (including phenoxy) is 2. The SMILES string of the molecule is CCOC(=O)c1c(Cl)c(Cl)c(Cl)c(Cl)c1C(=O)OCC. The van der Waals surface area contributed by atoms with Crippen molar-refractivity contribution < 1.29 is 19.1 Å². The number of hydrogen-bond acceptors (Lipinski definition) is 4. The van der Waals surface area contributed by atoms with Crippen LogP contribution in [0.4, 0.5) is 0 Å². The third-order valence-corrected chi connectivity index (χ3v) is 4.03. The summed E-state index contributed by atoms with van der Waals surface area (Å²) in [5.74, 6) is -1.66. The average Bonchev–Trinajstić information content (AvgIpc) is 2.40. The molecule has 20 heavy (non-hydrogen) atoms. The maximum atomic E-state index is 11.9. The van der Waals surface area contributed by atoms with E-state index in [2.05, 4.69) is 0 Å². The second-order valence-electron chi connectivity index (χ2n) is 3.45. The van der Waals surface area contributed by atoms with E-state index < -0.39 is 11.9 Å². The molecule has 0 bridgehead atoms. The number of carbonyl (C=O) groups is 2. The van der Waals surface area contributed by atoms with Gasteiger partial charge < -0.3 is 9.47 Å². The molecular weight excluding hydrogens is 350 g/mol. The van der Waals surface area contributed by atoms with Crippen LogP contribution in [0.2, 0.25) is 20.1 Å². The number of carbonyl (C=O) groups excluding carboxylic acids is 2. The molecule has 0 spiro atoms. The molecule has 0 aliphatic heterocycles. The van der Waals surface area contributed by atoms with Crippen molar-refractivity contribution in [1.82, 2.24) is 0 Å². The highest BCUT2D eigenvalue weighted by molar-refractivity contribution is 6.54. The van der Waals surface area contributed by atoms with Crippen molar-refractivity contribution in [3.8, 4) is 0 Å². The monoisotopic (exact) mass is 358 g/mol. The average molecular weight is 360 g/mol. The molecule has 0 N–H and O–H groups in total. The Labute approximate surface area is 135 Å². The molecule has 1 aromatic rings. The molecule has 0 aliphatic carbocycles. The minimum atomic E-state index is -0.832. The third kappa shape index (κ3) is 3.31. The summed E-state index contributed by atoms with van der Waals surface area (Å²) >= 11 is 23.7. The minimum absolute atomic E-state index is 0.0926. The molecule has 0 unspecified atom stereocenters. The normalized spacial score (nSPS) is 10.3. The Morgan fingerprint density at radius 3 is 1.30 bits per heavy atom. The first kappa shape index (κ1) is 17.4.